The van der Waals surface area contributed by atoms with Gasteiger partial charge in [-0.2, -0.15) is 0 Å². The average molecular weight is 324 g/mol. The van der Waals surface area contributed by atoms with Gasteiger partial charge in [-0.1, -0.05) is 6.07 Å². The zero-order chi connectivity index (χ0) is 17.6. The fourth-order valence-corrected chi connectivity index (χ4v) is 1.54. The number of rotatable bonds is 6. The van der Waals surface area contributed by atoms with Crippen molar-refractivity contribution in [3.63, 3.8) is 0 Å². The maximum atomic E-state index is 11.9. The first-order valence-corrected chi connectivity index (χ1v) is 6.52. The molecule has 23 heavy (non-hydrogen) atoms. The Kier molecular flexibility index (Phi) is 6.01. The fourth-order valence-electron chi connectivity index (χ4n) is 1.54. The summed E-state index contributed by atoms with van der Waals surface area (Å²) < 4.78 is 4.87. The lowest BCUT2D eigenvalue weighted by Crippen LogP contribution is -2.44. The Labute approximate surface area is 131 Å². The highest BCUT2D eigenvalue weighted by Gasteiger charge is 2.23. The molecule has 0 saturated carbocycles. The minimum atomic E-state index is -1.17. The number of benzene rings is 1. The number of nitrogens with two attached hydrogens (primary N) is 1. The molecule has 0 aliphatic heterocycles. The predicted molar refractivity (Wildman–Crippen MR) is 79.5 cm³/mol. The third-order valence-corrected chi connectivity index (χ3v) is 2.70. The molecule has 0 spiro atoms. The number of hydrogen-bond donors (Lipinski definition) is 3. The topological polar surface area (TPSA) is 154 Å². The van der Waals surface area contributed by atoms with Crippen molar-refractivity contribution in [2.75, 3.05) is 5.32 Å². The molecular weight excluding hydrogens is 308 g/mol. The number of urea groups is 1. The molecule has 0 heterocycles. The van der Waals surface area contributed by atoms with E-state index in [4.69, 9.17) is 10.5 Å². The lowest BCUT2D eigenvalue weighted by Gasteiger charge is -2.16. The van der Waals surface area contributed by atoms with Crippen LogP contribution in [-0.2, 0) is 14.3 Å². The quantitative estimate of drug-likeness (QED) is 0.394. The Morgan fingerprint density at radius 3 is 2.52 bits per heavy atom. The van der Waals surface area contributed by atoms with Crippen LogP contribution >= 0.6 is 0 Å². The van der Waals surface area contributed by atoms with E-state index in [1.807, 2.05) is 0 Å². The molecule has 3 amide bonds. The molecule has 0 aliphatic rings. The Bertz CT molecular complexity index is 633. The van der Waals surface area contributed by atoms with Crippen LogP contribution in [0.3, 0.4) is 0 Å². The molecule has 0 aromatic heterocycles. The van der Waals surface area contributed by atoms with Gasteiger partial charge in [0.05, 0.1) is 4.92 Å². The fraction of sp³-hybridized carbons (Fsp3) is 0.308. The number of primary amides is 1. The average Bonchev–Trinajstić information content (AvgIpc) is 2.46. The van der Waals surface area contributed by atoms with Gasteiger partial charge in [-0.15, -0.1) is 0 Å². The third-order valence-electron chi connectivity index (χ3n) is 2.70. The molecule has 2 atom stereocenters. The monoisotopic (exact) mass is 324 g/mol. The van der Waals surface area contributed by atoms with E-state index in [0.717, 1.165) is 0 Å². The standard InChI is InChI=1S/C13H16N4O6/c1-7(15-13(14)20)12(19)23-8(2)11(18)16-9-4-3-5-10(6-9)17(21)22/h3-8H,1-2H3,(H,16,18)(H3,14,15,20). The van der Waals surface area contributed by atoms with Crippen molar-refractivity contribution in [1.82, 2.24) is 5.32 Å². The number of nitro groups is 1. The highest BCUT2D eigenvalue weighted by Crippen LogP contribution is 2.17. The number of hydrogen-bond acceptors (Lipinski definition) is 6. The summed E-state index contributed by atoms with van der Waals surface area (Å²) in [5.74, 6) is -1.52. The molecule has 0 radical (unpaired) electrons. The first-order valence-electron chi connectivity index (χ1n) is 6.52. The molecule has 0 saturated heterocycles. The normalized spacial score (nSPS) is 12.6. The lowest BCUT2D eigenvalue weighted by molar-refractivity contribution is -0.384. The van der Waals surface area contributed by atoms with Crippen LogP contribution in [0.1, 0.15) is 13.8 Å². The van der Waals surface area contributed by atoms with E-state index in [1.54, 1.807) is 0 Å². The highest BCUT2D eigenvalue weighted by molar-refractivity contribution is 5.95. The van der Waals surface area contributed by atoms with Crippen LogP contribution in [0, 0.1) is 10.1 Å². The number of carbonyl (C=O) groups is 3. The van der Waals surface area contributed by atoms with E-state index in [2.05, 4.69) is 10.6 Å². The summed E-state index contributed by atoms with van der Waals surface area (Å²) in [6.07, 6.45) is -1.17. The highest BCUT2D eigenvalue weighted by atomic mass is 16.6. The van der Waals surface area contributed by atoms with Crippen LogP contribution in [0.25, 0.3) is 0 Å². The first-order chi connectivity index (χ1) is 10.7. The van der Waals surface area contributed by atoms with Gasteiger partial charge in [-0.05, 0) is 19.9 Å². The third kappa shape index (κ3) is 5.61. The maximum absolute atomic E-state index is 11.9. The predicted octanol–water partition coefficient (Wildman–Crippen LogP) is 0.522. The van der Waals surface area contributed by atoms with Crippen LogP contribution in [0.5, 0.6) is 0 Å². The number of carbonyl (C=O) groups excluding carboxylic acids is 3. The van der Waals surface area contributed by atoms with Crippen molar-refractivity contribution in [2.45, 2.75) is 26.0 Å². The van der Waals surface area contributed by atoms with E-state index in [1.165, 1.54) is 38.1 Å². The summed E-state index contributed by atoms with van der Waals surface area (Å²) in [7, 11) is 0. The second-order valence-electron chi connectivity index (χ2n) is 4.61. The van der Waals surface area contributed by atoms with Crippen molar-refractivity contribution in [1.29, 1.82) is 0 Å². The number of anilines is 1. The largest absolute Gasteiger partial charge is 0.451 e. The van der Waals surface area contributed by atoms with E-state index in [9.17, 15) is 24.5 Å². The molecule has 1 aromatic rings. The first kappa shape index (κ1) is 17.9. The summed E-state index contributed by atoms with van der Waals surface area (Å²) in [4.78, 5) is 44.2. The summed E-state index contributed by atoms with van der Waals surface area (Å²) in [5, 5.41) is 15.2. The Hall–Kier alpha value is -3.17. The number of nitro benzene ring substituents is 1. The van der Waals surface area contributed by atoms with Crippen LogP contribution in [0.4, 0.5) is 16.2 Å². The SMILES string of the molecule is CC(NC(N)=O)C(=O)OC(C)C(=O)Nc1cccc([N+](=O)[O-])c1. The number of amides is 3. The molecule has 1 aromatic carbocycles. The van der Waals surface area contributed by atoms with Gasteiger partial charge in [0, 0.05) is 17.8 Å². The second kappa shape index (κ2) is 7.73. The molecule has 124 valence electrons. The van der Waals surface area contributed by atoms with E-state index in [-0.39, 0.29) is 11.4 Å². The summed E-state index contributed by atoms with van der Waals surface area (Å²) in [6, 6.07) is 3.39. The zero-order valence-electron chi connectivity index (χ0n) is 12.4. The molecule has 10 nitrogen and oxygen atoms in total. The van der Waals surface area contributed by atoms with Gasteiger partial charge in [-0.3, -0.25) is 14.9 Å². The van der Waals surface area contributed by atoms with Crippen molar-refractivity contribution in [2.24, 2.45) is 5.73 Å². The van der Waals surface area contributed by atoms with Gasteiger partial charge >= 0.3 is 12.0 Å². The Morgan fingerprint density at radius 2 is 1.96 bits per heavy atom. The molecule has 0 aliphatic carbocycles. The van der Waals surface area contributed by atoms with Crippen molar-refractivity contribution < 1.29 is 24.0 Å². The summed E-state index contributed by atoms with van der Waals surface area (Å²) in [5.41, 5.74) is 4.87. The molecule has 2 unspecified atom stereocenters. The number of nitrogens with one attached hydrogen (secondary N) is 2. The molecule has 10 heteroatoms. The van der Waals surface area contributed by atoms with Crippen LogP contribution in [0.2, 0.25) is 0 Å². The van der Waals surface area contributed by atoms with Crippen molar-refractivity contribution in [3.8, 4) is 0 Å². The summed E-state index contributed by atoms with van der Waals surface area (Å²) in [6.45, 7) is 2.67. The van der Waals surface area contributed by atoms with Crippen molar-refractivity contribution in [3.05, 3.63) is 34.4 Å². The number of nitrogens with zero attached hydrogens (tertiary/aromatic N) is 1. The Morgan fingerprint density at radius 1 is 1.30 bits per heavy atom. The molecule has 4 N–H and O–H groups in total. The molecular formula is C13H16N4O6. The van der Waals surface area contributed by atoms with Gasteiger partial charge < -0.3 is 21.1 Å². The van der Waals surface area contributed by atoms with E-state index >= 15 is 0 Å². The van der Waals surface area contributed by atoms with Gasteiger partial charge in [0.15, 0.2) is 6.10 Å². The molecule has 0 fully saturated rings. The molecule has 0 bridgehead atoms. The van der Waals surface area contributed by atoms with Crippen molar-refractivity contribution >= 4 is 29.3 Å². The summed E-state index contributed by atoms with van der Waals surface area (Å²) >= 11 is 0. The van der Waals surface area contributed by atoms with Gasteiger partial charge in [0.1, 0.15) is 6.04 Å². The number of ether oxygens (including phenoxy) is 1. The lowest BCUT2D eigenvalue weighted by atomic mass is 10.2. The number of non-ortho nitro benzene ring substituents is 1. The number of esters is 1. The van der Waals surface area contributed by atoms with Crippen LogP contribution in [0.15, 0.2) is 24.3 Å². The van der Waals surface area contributed by atoms with Gasteiger partial charge in [0.25, 0.3) is 11.6 Å². The second-order valence-corrected chi connectivity index (χ2v) is 4.61. The van der Waals surface area contributed by atoms with Gasteiger partial charge in [-0.25, -0.2) is 9.59 Å². The maximum Gasteiger partial charge on any atom is 0.329 e. The minimum absolute atomic E-state index is 0.188. The zero-order valence-corrected chi connectivity index (χ0v) is 12.4. The Balaban J connectivity index is 2.63. The van der Waals surface area contributed by atoms with E-state index < -0.39 is 35.0 Å². The van der Waals surface area contributed by atoms with E-state index in [0.29, 0.717) is 0 Å². The van der Waals surface area contributed by atoms with Crippen LogP contribution in [-0.4, -0.2) is 35.0 Å². The smallest absolute Gasteiger partial charge is 0.329 e. The van der Waals surface area contributed by atoms with Crippen LogP contribution < -0.4 is 16.4 Å². The molecule has 1 rings (SSSR count). The minimum Gasteiger partial charge on any atom is -0.451 e. The van der Waals surface area contributed by atoms with Gasteiger partial charge in [0.2, 0.25) is 0 Å².